The van der Waals surface area contributed by atoms with E-state index in [9.17, 15) is 14.7 Å². The van der Waals surface area contributed by atoms with Crippen LogP contribution < -0.4 is 5.43 Å². The van der Waals surface area contributed by atoms with Crippen molar-refractivity contribution in [3.63, 3.8) is 0 Å². The minimum Gasteiger partial charge on any atom is -0.477 e. The summed E-state index contributed by atoms with van der Waals surface area (Å²) in [5.74, 6) is -1.10. The summed E-state index contributed by atoms with van der Waals surface area (Å²) in [5, 5.41) is 10.1. The monoisotopic (exact) mass is 321 g/mol. The van der Waals surface area contributed by atoms with Crippen LogP contribution in [0.3, 0.4) is 0 Å². The molecule has 4 nitrogen and oxygen atoms in total. The van der Waals surface area contributed by atoms with Gasteiger partial charge in [-0.1, -0.05) is 43.7 Å². The molecule has 0 fully saturated rings. The van der Waals surface area contributed by atoms with Crippen molar-refractivity contribution >= 4 is 16.9 Å². The van der Waals surface area contributed by atoms with Gasteiger partial charge in [0.1, 0.15) is 5.69 Å². The van der Waals surface area contributed by atoms with Crippen LogP contribution >= 0.6 is 0 Å². The predicted octanol–water partition coefficient (Wildman–Crippen LogP) is 4.15. The summed E-state index contributed by atoms with van der Waals surface area (Å²) in [6.07, 6.45) is 1.16. The second kappa shape index (κ2) is 6.32. The maximum atomic E-state index is 12.9. The Labute approximate surface area is 139 Å². The summed E-state index contributed by atoms with van der Waals surface area (Å²) in [7, 11) is 0. The normalized spacial score (nSPS) is 10.9. The van der Waals surface area contributed by atoms with E-state index >= 15 is 0 Å². The number of nitrogens with one attached hydrogen (secondary N) is 1. The fraction of sp³-hybridized carbons (Fsp3) is 0.200. The van der Waals surface area contributed by atoms with Crippen LogP contribution in [-0.4, -0.2) is 16.1 Å². The second-order valence-electron chi connectivity index (χ2n) is 5.96. The topological polar surface area (TPSA) is 70.2 Å². The summed E-state index contributed by atoms with van der Waals surface area (Å²) in [6, 6.07) is 13.5. The molecule has 0 radical (unpaired) electrons. The molecule has 0 saturated carbocycles. The molecule has 1 aromatic heterocycles. The van der Waals surface area contributed by atoms with Crippen LogP contribution in [0.2, 0.25) is 0 Å². The number of aromatic amines is 1. The minimum absolute atomic E-state index is 0.00427. The van der Waals surface area contributed by atoms with Crippen LogP contribution in [0, 0.1) is 6.92 Å². The number of aromatic carboxylic acids is 1. The van der Waals surface area contributed by atoms with Gasteiger partial charge in [0.15, 0.2) is 5.43 Å². The molecule has 0 aliphatic heterocycles. The van der Waals surface area contributed by atoms with Gasteiger partial charge in [-0.2, -0.15) is 0 Å². The highest BCUT2D eigenvalue weighted by molar-refractivity contribution is 5.98. The van der Waals surface area contributed by atoms with E-state index in [0.717, 1.165) is 16.7 Å². The van der Waals surface area contributed by atoms with Crippen molar-refractivity contribution in [2.75, 3.05) is 0 Å². The number of carboxylic acids is 1. The summed E-state index contributed by atoms with van der Waals surface area (Å²) < 4.78 is 0. The van der Waals surface area contributed by atoms with Crippen molar-refractivity contribution in [1.82, 2.24) is 4.98 Å². The first kappa shape index (κ1) is 16.0. The van der Waals surface area contributed by atoms with Gasteiger partial charge in [0.2, 0.25) is 0 Å². The predicted molar refractivity (Wildman–Crippen MR) is 95.7 cm³/mol. The molecule has 0 saturated heterocycles. The number of pyridine rings is 1. The van der Waals surface area contributed by atoms with Gasteiger partial charge in [-0.3, -0.25) is 4.79 Å². The summed E-state index contributed by atoms with van der Waals surface area (Å²) in [4.78, 5) is 27.5. The quantitative estimate of drug-likeness (QED) is 0.758. The maximum Gasteiger partial charge on any atom is 0.352 e. The fourth-order valence-electron chi connectivity index (χ4n) is 3.09. The zero-order valence-corrected chi connectivity index (χ0v) is 13.7. The number of hydrogen-bond donors (Lipinski definition) is 2. The van der Waals surface area contributed by atoms with Gasteiger partial charge in [-0.05, 0) is 36.6 Å². The van der Waals surface area contributed by atoms with Crippen LogP contribution in [0.1, 0.15) is 35.0 Å². The molecule has 0 amide bonds. The highest BCUT2D eigenvalue weighted by atomic mass is 16.4. The van der Waals surface area contributed by atoms with Gasteiger partial charge >= 0.3 is 5.97 Å². The summed E-state index contributed by atoms with van der Waals surface area (Å²) in [5.41, 5.74) is 3.49. The lowest BCUT2D eigenvalue weighted by molar-refractivity contribution is 0.0689. The van der Waals surface area contributed by atoms with Gasteiger partial charge in [0.05, 0.1) is 5.52 Å². The molecule has 0 aliphatic rings. The molecule has 0 atom stereocenters. The molecule has 1 heterocycles. The standard InChI is InChI=1S/C20H19NO3/c1-3-7-14-18(20(23)24)21-17-15(13-8-5-4-6-9-13)10-12(2)11-16(17)19(14)22/h4-6,8-11H,3,7H2,1-2H3,(H,21,22)(H,23,24). The van der Waals surface area contributed by atoms with E-state index in [-0.39, 0.29) is 11.1 Å². The molecular weight excluding hydrogens is 302 g/mol. The molecule has 0 spiro atoms. The van der Waals surface area contributed by atoms with Crippen molar-refractivity contribution in [2.24, 2.45) is 0 Å². The van der Waals surface area contributed by atoms with E-state index in [1.807, 2.05) is 56.3 Å². The number of carbonyl (C=O) groups is 1. The fourth-order valence-corrected chi connectivity index (χ4v) is 3.09. The van der Waals surface area contributed by atoms with E-state index in [2.05, 4.69) is 4.98 Å². The van der Waals surface area contributed by atoms with Crippen LogP contribution in [-0.2, 0) is 6.42 Å². The molecule has 0 bridgehead atoms. The maximum absolute atomic E-state index is 12.9. The van der Waals surface area contributed by atoms with Crippen molar-refractivity contribution in [3.8, 4) is 11.1 Å². The summed E-state index contributed by atoms with van der Waals surface area (Å²) >= 11 is 0. The van der Waals surface area contributed by atoms with Gasteiger partial charge in [0.25, 0.3) is 0 Å². The number of fused-ring (bicyclic) bond motifs is 1. The lowest BCUT2D eigenvalue weighted by Gasteiger charge is -2.12. The molecule has 122 valence electrons. The highest BCUT2D eigenvalue weighted by Crippen LogP contribution is 2.28. The van der Waals surface area contributed by atoms with Crippen LogP contribution in [0.25, 0.3) is 22.0 Å². The van der Waals surface area contributed by atoms with E-state index in [1.165, 1.54) is 0 Å². The van der Waals surface area contributed by atoms with E-state index in [0.29, 0.717) is 29.3 Å². The first-order valence-corrected chi connectivity index (χ1v) is 8.01. The number of carboxylic acid groups (broad SMARTS) is 1. The Bertz CT molecular complexity index is 972. The number of aryl methyl sites for hydroxylation is 1. The minimum atomic E-state index is -1.10. The molecule has 2 aromatic carbocycles. The number of benzene rings is 2. The third-order valence-corrected chi connectivity index (χ3v) is 4.15. The van der Waals surface area contributed by atoms with Gasteiger partial charge < -0.3 is 10.1 Å². The lowest BCUT2D eigenvalue weighted by atomic mass is 9.96. The SMILES string of the molecule is CCCc1c(C(=O)O)[nH]c2c(-c3ccccc3)cc(C)cc2c1=O. The molecule has 4 heteroatoms. The Morgan fingerprint density at radius 2 is 1.88 bits per heavy atom. The lowest BCUT2D eigenvalue weighted by Crippen LogP contribution is -2.18. The van der Waals surface area contributed by atoms with Gasteiger partial charge in [-0.15, -0.1) is 0 Å². The van der Waals surface area contributed by atoms with E-state index in [1.54, 1.807) is 0 Å². The highest BCUT2D eigenvalue weighted by Gasteiger charge is 2.18. The number of aromatic nitrogens is 1. The van der Waals surface area contributed by atoms with Crippen LogP contribution in [0.4, 0.5) is 0 Å². The Morgan fingerprint density at radius 3 is 2.50 bits per heavy atom. The Morgan fingerprint density at radius 1 is 1.17 bits per heavy atom. The van der Waals surface area contributed by atoms with Crippen LogP contribution in [0.5, 0.6) is 0 Å². The summed E-state index contributed by atoms with van der Waals surface area (Å²) in [6.45, 7) is 3.87. The molecule has 0 aliphatic carbocycles. The van der Waals surface area contributed by atoms with Crippen LogP contribution in [0.15, 0.2) is 47.3 Å². The van der Waals surface area contributed by atoms with E-state index in [4.69, 9.17) is 0 Å². The third kappa shape index (κ3) is 2.71. The van der Waals surface area contributed by atoms with Gasteiger partial charge in [0, 0.05) is 16.5 Å². The molecule has 24 heavy (non-hydrogen) atoms. The average molecular weight is 321 g/mol. The Balaban J connectivity index is 2.44. The first-order chi connectivity index (χ1) is 11.5. The molecule has 2 N–H and O–H groups in total. The van der Waals surface area contributed by atoms with E-state index < -0.39 is 5.97 Å². The number of H-pyrrole nitrogens is 1. The average Bonchev–Trinajstić information content (AvgIpc) is 2.57. The smallest absolute Gasteiger partial charge is 0.352 e. The first-order valence-electron chi connectivity index (χ1n) is 8.01. The van der Waals surface area contributed by atoms with Crippen molar-refractivity contribution in [3.05, 3.63) is 69.5 Å². The Kier molecular flexibility index (Phi) is 4.21. The largest absolute Gasteiger partial charge is 0.477 e. The number of hydrogen-bond acceptors (Lipinski definition) is 2. The zero-order valence-electron chi connectivity index (χ0n) is 13.7. The molecule has 0 unspecified atom stereocenters. The van der Waals surface area contributed by atoms with Crippen molar-refractivity contribution < 1.29 is 9.90 Å². The molecule has 3 rings (SSSR count). The second-order valence-corrected chi connectivity index (χ2v) is 5.96. The zero-order chi connectivity index (χ0) is 17.3. The van der Waals surface area contributed by atoms with Gasteiger partial charge in [-0.25, -0.2) is 4.79 Å². The van der Waals surface area contributed by atoms with Crippen molar-refractivity contribution in [1.29, 1.82) is 0 Å². The Hall–Kier alpha value is -2.88. The molecular formula is C20H19NO3. The third-order valence-electron chi connectivity index (χ3n) is 4.15. The molecule has 3 aromatic rings. The number of rotatable bonds is 4. The van der Waals surface area contributed by atoms with Crippen molar-refractivity contribution in [2.45, 2.75) is 26.7 Å².